The van der Waals surface area contributed by atoms with Gasteiger partial charge in [0.05, 0.1) is 0 Å². The Morgan fingerprint density at radius 1 is 1.20 bits per heavy atom. The molecule has 2 rings (SSSR count). The van der Waals surface area contributed by atoms with Gasteiger partial charge in [-0.1, -0.05) is 36.4 Å². The summed E-state index contributed by atoms with van der Waals surface area (Å²) in [6.45, 7) is 0. The summed E-state index contributed by atoms with van der Waals surface area (Å²) in [5.74, 6) is -3.26. The minimum Gasteiger partial charge on any atom is -0.481 e. The summed E-state index contributed by atoms with van der Waals surface area (Å²) in [5.41, 5.74) is -2.45. The molecule has 0 radical (unpaired) electrons. The molecule has 2 unspecified atom stereocenters. The van der Waals surface area contributed by atoms with E-state index < -0.39 is 23.6 Å². The van der Waals surface area contributed by atoms with Gasteiger partial charge in [-0.15, -0.1) is 0 Å². The Balaban J connectivity index is 2.48. The molecule has 0 heterocycles. The highest BCUT2D eigenvalue weighted by Gasteiger charge is 2.60. The highest BCUT2D eigenvalue weighted by molar-refractivity contribution is 5.77. The van der Waals surface area contributed by atoms with E-state index in [-0.39, 0.29) is 5.69 Å². The van der Waals surface area contributed by atoms with E-state index in [1.54, 1.807) is 18.2 Å². The van der Waals surface area contributed by atoms with E-state index in [0.717, 1.165) is 12.2 Å². The number of para-hydroxylation sites is 1. The second kappa shape index (κ2) is 5.03. The Hall–Kier alpha value is -2.24. The third-order valence-corrected chi connectivity index (χ3v) is 3.12. The summed E-state index contributed by atoms with van der Waals surface area (Å²) >= 11 is 0. The Bertz CT molecular complexity index is 551. The predicted molar refractivity (Wildman–Crippen MR) is 68.3 cm³/mol. The van der Waals surface area contributed by atoms with Crippen molar-refractivity contribution in [3.8, 4) is 0 Å². The van der Waals surface area contributed by atoms with Crippen LogP contribution in [0.25, 0.3) is 0 Å². The Morgan fingerprint density at radius 2 is 1.85 bits per heavy atom. The molecule has 20 heavy (non-hydrogen) atoms. The molecule has 0 spiro atoms. The molecule has 2 N–H and O–H groups in total. The molecule has 0 fully saturated rings. The van der Waals surface area contributed by atoms with Crippen LogP contribution >= 0.6 is 0 Å². The molecule has 0 saturated heterocycles. The fourth-order valence-electron chi connectivity index (χ4n) is 2.14. The maximum absolute atomic E-state index is 13.5. The number of rotatable bonds is 3. The molecule has 0 aromatic heterocycles. The van der Waals surface area contributed by atoms with Gasteiger partial charge >= 0.3 is 12.1 Å². The fraction of sp³-hybridized carbons (Fsp3) is 0.214. The normalized spacial score (nSPS) is 25.4. The summed E-state index contributed by atoms with van der Waals surface area (Å²) < 4.78 is 40.4. The van der Waals surface area contributed by atoms with E-state index >= 15 is 0 Å². The molecule has 0 amide bonds. The second-order valence-electron chi connectivity index (χ2n) is 4.42. The summed E-state index contributed by atoms with van der Waals surface area (Å²) in [4.78, 5) is 11.2. The fourth-order valence-corrected chi connectivity index (χ4v) is 2.14. The van der Waals surface area contributed by atoms with Crippen LogP contribution in [-0.4, -0.2) is 22.8 Å². The summed E-state index contributed by atoms with van der Waals surface area (Å²) in [6.07, 6.45) is -0.379. The van der Waals surface area contributed by atoms with Crippen LogP contribution in [0.15, 0.2) is 54.6 Å². The number of halogens is 3. The minimum absolute atomic E-state index is 0.205. The largest absolute Gasteiger partial charge is 0.481 e. The first-order valence-electron chi connectivity index (χ1n) is 5.85. The standard InChI is InChI=1S/C14H12F3NO2/c15-14(16,17)13(18-10-6-2-1-3-7-10)9-5-4-8-11(13)12(19)20/h1-9,11,18H,(H,19,20). The number of nitrogens with one attached hydrogen (secondary N) is 1. The number of carbonyl (C=O) groups is 1. The molecule has 0 saturated carbocycles. The Kier molecular flexibility index (Phi) is 3.57. The van der Waals surface area contributed by atoms with E-state index in [1.807, 2.05) is 0 Å². The second-order valence-corrected chi connectivity index (χ2v) is 4.42. The zero-order valence-corrected chi connectivity index (χ0v) is 10.3. The van der Waals surface area contributed by atoms with Crippen molar-refractivity contribution in [3.05, 3.63) is 54.6 Å². The number of anilines is 1. The molecule has 106 valence electrons. The van der Waals surface area contributed by atoms with Crippen molar-refractivity contribution in [2.45, 2.75) is 11.7 Å². The minimum atomic E-state index is -4.76. The summed E-state index contributed by atoms with van der Waals surface area (Å²) in [5, 5.41) is 11.4. The molecule has 1 aromatic rings. The van der Waals surface area contributed by atoms with Crippen LogP contribution in [0.4, 0.5) is 18.9 Å². The highest BCUT2D eigenvalue weighted by Crippen LogP contribution is 2.42. The maximum atomic E-state index is 13.5. The van der Waals surface area contributed by atoms with Gasteiger partial charge in [0.1, 0.15) is 5.92 Å². The zero-order chi connectivity index (χ0) is 14.8. The molecule has 1 aliphatic carbocycles. The van der Waals surface area contributed by atoms with Gasteiger partial charge in [-0.05, 0) is 18.2 Å². The van der Waals surface area contributed by atoms with Crippen molar-refractivity contribution >= 4 is 11.7 Å². The molecular formula is C14H12F3NO2. The predicted octanol–water partition coefficient (Wildman–Crippen LogP) is 3.23. The number of allylic oxidation sites excluding steroid dienone is 2. The van der Waals surface area contributed by atoms with E-state index in [1.165, 1.54) is 24.3 Å². The number of hydrogen-bond acceptors (Lipinski definition) is 2. The van der Waals surface area contributed by atoms with Gasteiger partial charge in [-0.2, -0.15) is 13.2 Å². The number of carboxylic acid groups (broad SMARTS) is 1. The third-order valence-electron chi connectivity index (χ3n) is 3.12. The van der Waals surface area contributed by atoms with Crippen LogP contribution in [0.1, 0.15) is 0 Å². The molecule has 0 bridgehead atoms. The number of aliphatic carboxylic acids is 1. The van der Waals surface area contributed by atoms with Crippen molar-refractivity contribution in [2.24, 2.45) is 5.92 Å². The lowest BCUT2D eigenvalue weighted by Gasteiger charge is -2.39. The van der Waals surface area contributed by atoms with Gasteiger partial charge in [0, 0.05) is 5.69 Å². The van der Waals surface area contributed by atoms with Gasteiger partial charge in [-0.3, -0.25) is 4.79 Å². The molecule has 2 atom stereocenters. The van der Waals surface area contributed by atoms with Crippen LogP contribution in [0, 0.1) is 5.92 Å². The first-order valence-corrected chi connectivity index (χ1v) is 5.85. The van der Waals surface area contributed by atoms with Crippen LogP contribution < -0.4 is 5.32 Å². The van der Waals surface area contributed by atoms with Crippen LogP contribution in [0.3, 0.4) is 0 Å². The van der Waals surface area contributed by atoms with E-state index in [2.05, 4.69) is 5.32 Å². The van der Waals surface area contributed by atoms with Gasteiger partial charge in [0.2, 0.25) is 0 Å². The molecule has 3 nitrogen and oxygen atoms in total. The third kappa shape index (κ3) is 2.41. The Morgan fingerprint density at radius 3 is 2.40 bits per heavy atom. The van der Waals surface area contributed by atoms with Crippen LogP contribution in [-0.2, 0) is 4.79 Å². The monoisotopic (exact) mass is 283 g/mol. The number of benzene rings is 1. The van der Waals surface area contributed by atoms with Gasteiger partial charge < -0.3 is 10.4 Å². The molecular weight excluding hydrogens is 271 g/mol. The quantitative estimate of drug-likeness (QED) is 0.895. The first-order chi connectivity index (χ1) is 9.37. The van der Waals surface area contributed by atoms with Gasteiger partial charge in [0.25, 0.3) is 0 Å². The van der Waals surface area contributed by atoms with Crippen molar-refractivity contribution in [1.82, 2.24) is 0 Å². The van der Waals surface area contributed by atoms with Gasteiger partial charge in [-0.25, -0.2) is 0 Å². The van der Waals surface area contributed by atoms with E-state index in [0.29, 0.717) is 0 Å². The lowest BCUT2D eigenvalue weighted by Crippen LogP contribution is -2.58. The van der Waals surface area contributed by atoms with Crippen molar-refractivity contribution in [1.29, 1.82) is 0 Å². The maximum Gasteiger partial charge on any atom is 0.416 e. The number of alkyl halides is 3. The van der Waals surface area contributed by atoms with Crippen LogP contribution in [0.5, 0.6) is 0 Å². The Labute approximate surface area is 113 Å². The smallest absolute Gasteiger partial charge is 0.416 e. The zero-order valence-electron chi connectivity index (χ0n) is 10.3. The van der Waals surface area contributed by atoms with Crippen molar-refractivity contribution < 1.29 is 23.1 Å². The number of hydrogen-bond donors (Lipinski definition) is 2. The summed E-state index contributed by atoms with van der Waals surface area (Å²) in [7, 11) is 0. The lowest BCUT2D eigenvalue weighted by molar-refractivity contribution is -0.183. The molecule has 1 aliphatic rings. The molecule has 0 aliphatic heterocycles. The molecule has 1 aromatic carbocycles. The first kappa shape index (κ1) is 14.2. The average molecular weight is 283 g/mol. The van der Waals surface area contributed by atoms with E-state index in [9.17, 15) is 18.0 Å². The summed E-state index contributed by atoms with van der Waals surface area (Å²) in [6, 6.07) is 7.73. The number of carboxylic acids is 1. The highest BCUT2D eigenvalue weighted by atomic mass is 19.4. The molecule has 6 heteroatoms. The average Bonchev–Trinajstić information content (AvgIpc) is 2.39. The van der Waals surface area contributed by atoms with Gasteiger partial charge in [0.15, 0.2) is 5.54 Å². The lowest BCUT2D eigenvalue weighted by atomic mass is 9.79. The van der Waals surface area contributed by atoms with Crippen molar-refractivity contribution in [2.75, 3.05) is 5.32 Å². The SMILES string of the molecule is O=C(O)C1C=CC=CC1(Nc1ccccc1)C(F)(F)F. The van der Waals surface area contributed by atoms with Crippen molar-refractivity contribution in [3.63, 3.8) is 0 Å². The van der Waals surface area contributed by atoms with E-state index in [4.69, 9.17) is 5.11 Å². The van der Waals surface area contributed by atoms with Crippen LogP contribution in [0.2, 0.25) is 0 Å². The topological polar surface area (TPSA) is 49.3 Å².